The summed E-state index contributed by atoms with van der Waals surface area (Å²) in [5, 5.41) is 2.65. The summed E-state index contributed by atoms with van der Waals surface area (Å²) in [5.74, 6) is -0.755. The number of nitrogens with zero attached hydrogens (tertiary/aromatic N) is 1. The van der Waals surface area contributed by atoms with Crippen molar-refractivity contribution in [1.29, 1.82) is 0 Å². The fourth-order valence-corrected chi connectivity index (χ4v) is 1.87. The molecule has 0 radical (unpaired) electrons. The van der Waals surface area contributed by atoms with Gasteiger partial charge in [0, 0.05) is 30.9 Å². The molecule has 2 rings (SSSR count). The van der Waals surface area contributed by atoms with Gasteiger partial charge in [-0.15, -0.1) is 0 Å². The number of aromatic nitrogens is 2. The zero-order valence-corrected chi connectivity index (χ0v) is 12.4. The molecule has 2 N–H and O–H groups in total. The van der Waals surface area contributed by atoms with Crippen LogP contribution in [0, 0.1) is 0 Å². The number of nitrogens with one attached hydrogen (secondary N) is 2. The summed E-state index contributed by atoms with van der Waals surface area (Å²) in [7, 11) is 1.29. The van der Waals surface area contributed by atoms with Gasteiger partial charge < -0.3 is 14.6 Å². The van der Waals surface area contributed by atoms with Crippen LogP contribution in [0.4, 0.5) is 5.69 Å². The van der Waals surface area contributed by atoms with Crippen LogP contribution in [-0.2, 0) is 16.1 Å². The van der Waals surface area contributed by atoms with Gasteiger partial charge >= 0.3 is 11.7 Å². The molecule has 2 aromatic rings. The lowest BCUT2D eigenvalue weighted by Gasteiger charge is -2.07. The van der Waals surface area contributed by atoms with E-state index in [9.17, 15) is 19.2 Å². The quantitative estimate of drug-likeness (QED) is 0.773. The second-order valence-corrected chi connectivity index (χ2v) is 4.67. The molecule has 0 fully saturated rings. The van der Waals surface area contributed by atoms with Gasteiger partial charge in [-0.05, 0) is 24.3 Å². The molecule has 1 amide bonds. The van der Waals surface area contributed by atoms with E-state index in [1.165, 1.54) is 36.1 Å². The molecule has 0 saturated heterocycles. The number of H-pyrrole nitrogens is 1. The molecule has 1 heterocycles. The summed E-state index contributed by atoms with van der Waals surface area (Å²) in [4.78, 5) is 47.7. The fraction of sp³-hybridized carbons (Fsp3) is 0.200. The average molecular weight is 317 g/mol. The SMILES string of the molecule is COC(=O)c1ccc(NC(=O)CCn2ccc(=O)[nH]c2=O)cc1. The molecule has 0 spiro atoms. The van der Waals surface area contributed by atoms with Crippen LogP contribution < -0.4 is 16.6 Å². The average Bonchev–Trinajstić information content (AvgIpc) is 2.54. The zero-order valence-electron chi connectivity index (χ0n) is 12.4. The molecule has 23 heavy (non-hydrogen) atoms. The summed E-state index contributed by atoms with van der Waals surface area (Å²) in [6, 6.07) is 7.44. The fourth-order valence-electron chi connectivity index (χ4n) is 1.87. The molecule has 120 valence electrons. The highest BCUT2D eigenvalue weighted by molar-refractivity contribution is 5.92. The molecular formula is C15H15N3O5. The van der Waals surface area contributed by atoms with Gasteiger partial charge in [0.15, 0.2) is 0 Å². The summed E-state index contributed by atoms with van der Waals surface area (Å²) in [5.41, 5.74) is -0.143. The molecule has 0 saturated carbocycles. The normalized spacial score (nSPS) is 10.1. The first kappa shape index (κ1) is 16.2. The minimum Gasteiger partial charge on any atom is -0.465 e. The summed E-state index contributed by atoms with van der Waals surface area (Å²) >= 11 is 0. The zero-order chi connectivity index (χ0) is 16.8. The van der Waals surface area contributed by atoms with Crippen molar-refractivity contribution in [2.75, 3.05) is 12.4 Å². The van der Waals surface area contributed by atoms with Crippen LogP contribution in [0.15, 0.2) is 46.1 Å². The molecule has 0 aliphatic carbocycles. The van der Waals surface area contributed by atoms with E-state index < -0.39 is 17.2 Å². The Bertz CT molecular complexity index is 820. The maximum Gasteiger partial charge on any atom is 0.337 e. The second kappa shape index (κ2) is 7.21. The predicted molar refractivity (Wildman–Crippen MR) is 82.4 cm³/mol. The van der Waals surface area contributed by atoms with Gasteiger partial charge in [0.05, 0.1) is 12.7 Å². The van der Waals surface area contributed by atoms with Crippen LogP contribution in [0.1, 0.15) is 16.8 Å². The van der Waals surface area contributed by atoms with Crippen LogP contribution >= 0.6 is 0 Å². The van der Waals surface area contributed by atoms with E-state index in [2.05, 4.69) is 15.0 Å². The number of benzene rings is 1. The van der Waals surface area contributed by atoms with Crippen molar-refractivity contribution in [1.82, 2.24) is 9.55 Å². The third-order valence-electron chi connectivity index (χ3n) is 3.07. The molecule has 8 heteroatoms. The number of aryl methyl sites for hydroxylation is 1. The van der Waals surface area contributed by atoms with Crippen LogP contribution in [0.2, 0.25) is 0 Å². The molecule has 1 aromatic carbocycles. The molecule has 1 aromatic heterocycles. The number of anilines is 1. The van der Waals surface area contributed by atoms with Crippen molar-refractivity contribution in [3.8, 4) is 0 Å². The third-order valence-corrected chi connectivity index (χ3v) is 3.07. The van der Waals surface area contributed by atoms with Crippen LogP contribution in [-0.4, -0.2) is 28.5 Å². The Hall–Kier alpha value is -3.16. The van der Waals surface area contributed by atoms with E-state index in [-0.39, 0.29) is 18.9 Å². The standard InChI is InChI=1S/C15H15N3O5/c1-23-14(21)10-2-4-11(5-3-10)16-12(19)6-8-18-9-7-13(20)17-15(18)22/h2-5,7,9H,6,8H2,1H3,(H,16,19)(H,17,20,22). The molecule has 0 bridgehead atoms. The van der Waals surface area contributed by atoms with E-state index in [4.69, 9.17) is 0 Å². The predicted octanol–water partition coefficient (Wildman–Crippen LogP) is 0.352. The number of carbonyl (C=O) groups excluding carboxylic acids is 2. The number of rotatable bonds is 5. The largest absolute Gasteiger partial charge is 0.465 e. The Morgan fingerprint density at radius 1 is 1.17 bits per heavy atom. The lowest BCUT2D eigenvalue weighted by molar-refractivity contribution is -0.116. The number of hydrogen-bond acceptors (Lipinski definition) is 5. The minimum atomic E-state index is -0.562. The van der Waals surface area contributed by atoms with Gasteiger partial charge in [-0.3, -0.25) is 14.6 Å². The van der Waals surface area contributed by atoms with Gasteiger partial charge in [0.2, 0.25) is 5.91 Å². The van der Waals surface area contributed by atoms with E-state index in [0.717, 1.165) is 0 Å². The maximum atomic E-state index is 11.8. The number of esters is 1. The molecule has 0 atom stereocenters. The highest BCUT2D eigenvalue weighted by Crippen LogP contribution is 2.10. The van der Waals surface area contributed by atoms with Crippen LogP contribution in [0.3, 0.4) is 0 Å². The van der Waals surface area contributed by atoms with Crippen molar-refractivity contribution in [2.45, 2.75) is 13.0 Å². The van der Waals surface area contributed by atoms with Crippen LogP contribution in [0.25, 0.3) is 0 Å². The molecule has 0 unspecified atom stereocenters. The van der Waals surface area contributed by atoms with Crippen molar-refractivity contribution in [3.63, 3.8) is 0 Å². The first-order chi connectivity index (χ1) is 11.0. The Balaban J connectivity index is 1.93. The van der Waals surface area contributed by atoms with Gasteiger partial charge in [0.1, 0.15) is 0 Å². The molecular weight excluding hydrogens is 302 g/mol. The van der Waals surface area contributed by atoms with Crippen molar-refractivity contribution in [3.05, 3.63) is 62.9 Å². The third kappa shape index (κ3) is 4.40. The molecule has 8 nitrogen and oxygen atoms in total. The summed E-state index contributed by atoms with van der Waals surface area (Å²) in [6.45, 7) is 0.141. The Labute approximate surface area is 130 Å². The van der Waals surface area contributed by atoms with E-state index in [1.54, 1.807) is 12.1 Å². The smallest absolute Gasteiger partial charge is 0.337 e. The lowest BCUT2D eigenvalue weighted by Crippen LogP contribution is -2.29. The van der Waals surface area contributed by atoms with E-state index in [1.807, 2.05) is 0 Å². The first-order valence-electron chi connectivity index (χ1n) is 6.77. The Morgan fingerprint density at radius 3 is 2.48 bits per heavy atom. The summed E-state index contributed by atoms with van der Waals surface area (Å²) in [6.07, 6.45) is 1.39. The van der Waals surface area contributed by atoms with Crippen molar-refractivity contribution in [2.24, 2.45) is 0 Å². The van der Waals surface area contributed by atoms with Gasteiger partial charge in [-0.2, -0.15) is 0 Å². The van der Waals surface area contributed by atoms with Gasteiger partial charge in [-0.1, -0.05) is 0 Å². The molecule has 0 aliphatic heterocycles. The highest BCUT2D eigenvalue weighted by Gasteiger charge is 2.07. The van der Waals surface area contributed by atoms with E-state index >= 15 is 0 Å². The summed E-state index contributed by atoms with van der Waals surface area (Å²) < 4.78 is 5.82. The van der Waals surface area contributed by atoms with E-state index in [0.29, 0.717) is 11.3 Å². The Kier molecular flexibility index (Phi) is 5.08. The number of hydrogen-bond donors (Lipinski definition) is 2. The number of amides is 1. The van der Waals surface area contributed by atoms with Gasteiger partial charge in [-0.25, -0.2) is 9.59 Å². The monoisotopic (exact) mass is 317 g/mol. The number of carbonyl (C=O) groups is 2. The van der Waals surface area contributed by atoms with Crippen molar-refractivity contribution >= 4 is 17.6 Å². The number of aromatic amines is 1. The van der Waals surface area contributed by atoms with Gasteiger partial charge in [0.25, 0.3) is 5.56 Å². The minimum absolute atomic E-state index is 0.0602. The second-order valence-electron chi connectivity index (χ2n) is 4.67. The highest BCUT2D eigenvalue weighted by atomic mass is 16.5. The lowest BCUT2D eigenvalue weighted by atomic mass is 10.2. The van der Waals surface area contributed by atoms with Crippen molar-refractivity contribution < 1.29 is 14.3 Å². The molecule has 0 aliphatic rings. The number of methoxy groups -OCH3 is 1. The Morgan fingerprint density at radius 2 is 1.87 bits per heavy atom. The topological polar surface area (TPSA) is 110 Å². The van der Waals surface area contributed by atoms with Crippen LogP contribution in [0.5, 0.6) is 0 Å². The first-order valence-corrected chi connectivity index (χ1v) is 6.77. The number of ether oxygens (including phenoxy) is 1. The maximum absolute atomic E-state index is 11.8.